The van der Waals surface area contributed by atoms with Crippen molar-refractivity contribution in [3.8, 4) is 0 Å². The second-order valence-electron chi connectivity index (χ2n) is 8.58. The van der Waals surface area contributed by atoms with E-state index >= 15 is 0 Å². The fourth-order valence-corrected chi connectivity index (χ4v) is 4.57. The molecule has 3 heterocycles. The van der Waals surface area contributed by atoms with Crippen LogP contribution < -0.4 is 10.2 Å². The molecular formula is C24H32ClN5O. The Morgan fingerprint density at radius 2 is 1.71 bits per heavy atom. The maximum Gasteiger partial charge on any atom is 0.255 e. The number of anilines is 2. The number of likely N-dealkylation sites (tertiary alicyclic amines) is 1. The van der Waals surface area contributed by atoms with E-state index in [4.69, 9.17) is 11.6 Å². The molecule has 1 aromatic carbocycles. The number of amides is 1. The average Bonchev–Trinajstić information content (AvgIpc) is 2.79. The van der Waals surface area contributed by atoms with Gasteiger partial charge in [-0.05, 0) is 62.7 Å². The third kappa shape index (κ3) is 5.97. The van der Waals surface area contributed by atoms with Gasteiger partial charge in [0.05, 0.1) is 5.69 Å². The van der Waals surface area contributed by atoms with Crippen LogP contribution in [0, 0.1) is 6.92 Å². The number of aryl methyl sites for hydroxylation is 1. The third-order valence-electron chi connectivity index (χ3n) is 6.19. The van der Waals surface area contributed by atoms with Crippen molar-refractivity contribution in [1.82, 2.24) is 14.8 Å². The number of nitrogens with zero attached hydrogens (tertiary/aromatic N) is 4. The number of rotatable bonds is 6. The van der Waals surface area contributed by atoms with E-state index in [1.807, 2.05) is 19.2 Å². The number of carbonyl (C=O) groups is 1. The molecule has 166 valence electrons. The van der Waals surface area contributed by atoms with Crippen molar-refractivity contribution in [1.29, 1.82) is 0 Å². The third-order valence-corrected chi connectivity index (χ3v) is 6.43. The Morgan fingerprint density at radius 1 is 1.00 bits per heavy atom. The van der Waals surface area contributed by atoms with Crippen LogP contribution in [0.15, 0.2) is 36.5 Å². The van der Waals surface area contributed by atoms with Gasteiger partial charge < -0.3 is 15.1 Å². The fraction of sp³-hybridized carbons (Fsp3) is 0.500. The Hall–Kier alpha value is -2.15. The quantitative estimate of drug-likeness (QED) is 0.736. The average molecular weight is 442 g/mol. The first-order valence-electron chi connectivity index (χ1n) is 11.3. The van der Waals surface area contributed by atoms with Crippen molar-refractivity contribution in [2.24, 2.45) is 0 Å². The lowest BCUT2D eigenvalue weighted by atomic mass is 10.1. The second kappa shape index (κ2) is 10.4. The molecule has 4 rings (SSSR count). The molecule has 0 bridgehead atoms. The van der Waals surface area contributed by atoms with Crippen LogP contribution in [0.4, 0.5) is 11.5 Å². The van der Waals surface area contributed by atoms with Crippen molar-refractivity contribution in [2.75, 3.05) is 62.6 Å². The minimum Gasteiger partial charge on any atom is -0.352 e. The number of aromatic nitrogens is 1. The van der Waals surface area contributed by atoms with E-state index in [1.165, 1.54) is 38.9 Å². The number of nitrogens with one attached hydrogen (secondary N) is 1. The van der Waals surface area contributed by atoms with Crippen LogP contribution in [-0.2, 0) is 0 Å². The molecule has 0 spiro atoms. The first-order chi connectivity index (χ1) is 15.1. The predicted molar refractivity (Wildman–Crippen MR) is 127 cm³/mol. The van der Waals surface area contributed by atoms with E-state index in [-0.39, 0.29) is 5.91 Å². The Morgan fingerprint density at radius 3 is 2.42 bits per heavy atom. The molecule has 2 aliphatic heterocycles. The van der Waals surface area contributed by atoms with E-state index in [0.29, 0.717) is 10.6 Å². The zero-order chi connectivity index (χ0) is 21.6. The highest BCUT2D eigenvalue weighted by Gasteiger charge is 2.22. The number of pyridine rings is 1. The van der Waals surface area contributed by atoms with Crippen LogP contribution in [0.2, 0.25) is 5.02 Å². The van der Waals surface area contributed by atoms with Crippen LogP contribution in [0.1, 0.15) is 35.2 Å². The van der Waals surface area contributed by atoms with Gasteiger partial charge in [0.1, 0.15) is 0 Å². The van der Waals surface area contributed by atoms with Crippen LogP contribution in [-0.4, -0.2) is 73.0 Å². The SMILES string of the molecule is Cc1cnc(N2CCN(CCN3CCCCC3)CC2)c(NC(=O)c2cccc(Cl)c2)c1. The van der Waals surface area contributed by atoms with Gasteiger partial charge in [0.15, 0.2) is 5.82 Å². The lowest BCUT2D eigenvalue weighted by Crippen LogP contribution is -2.49. The number of piperazine rings is 1. The summed E-state index contributed by atoms with van der Waals surface area (Å²) >= 11 is 6.05. The van der Waals surface area contributed by atoms with E-state index in [9.17, 15) is 4.79 Å². The molecule has 31 heavy (non-hydrogen) atoms. The molecule has 1 amide bonds. The summed E-state index contributed by atoms with van der Waals surface area (Å²) in [5.74, 6) is 0.674. The summed E-state index contributed by atoms with van der Waals surface area (Å²) in [5, 5.41) is 3.60. The smallest absolute Gasteiger partial charge is 0.255 e. The van der Waals surface area contributed by atoms with E-state index in [1.54, 1.807) is 24.3 Å². The lowest BCUT2D eigenvalue weighted by Gasteiger charge is -2.37. The van der Waals surface area contributed by atoms with Gasteiger partial charge in [0, 0.05) is 56.1 Å². The largest absolute Gasteiger partial charge is 0.352 e. The van der Waals surface area contributed by atoms with Crippen LogP contribution in [0.5, 0.6) is 0 Å². The van der Waals surface area contributed by atoms with Gasteiger partial charge in [0.25, 0.3) is 5.91 Å². The van der Waals surface area contributed by atoms with Crippen molar-refractivity contribution >= 4 is 29.0 Å². The van der Waals surface area contributed by atoms with Crippen molar-refractivity contribution in [3.63, 3.8) is 0 Å². The van der Waals surface area contributed by atoms with Crippen molar-refractivity contribution in [3.05, 3.63) is 52.7 Å². The van der Waals surface area contributed by atoms with Crippen molar-refractivity contribution in [2.45, 2.75) is 26.2 Å². The Kier molecular flexibility index (Phi) is 7.43. The lowest BCUT2D eigenvalue weighted by molar-refractivity contribution is 0.102. The topological polar surface area (TPSA) is 51.7 Å². The summed E-state index contributed by atoms with van der Waals surface area (Å²) in [4.78, 5) is 24.9. The van der Waals surface area contributed by atoms with Gasteiger partial charge in [-0.25, -0.2) is 4.98 Å². The molecule has 2 saturated heterocycles. The molecular weight excluding hydrogens is 410 g/mol. The van der Waals surface area contributed by atoms with E-state index in [2.05, 4.69) is 25.0 Å². The summed E-state index contributed by atoms with van der Waals surface area (Å²) in [6.45, 7) is 10.7. The van der Waals surface area contributed by atoms with Gasteiger partial charge in [-0.2, -0.15) is 0 Å². The van der Waals surface area contributed by atoms with Crippen LogP contribution >= 0.6 is 11.6 Å². The molecule has 0 saturated carbocycles. The predicted octanol–water partition coefficient (Wildman–Crippen LogP) is 3.90. The first-order valence-corrected chi connectivity index (χ1v) is 11.7. The fourth-order valence-electron chi connectivity index (χ4n) is 4.38. The van der Waals surface area contributed by atoms with Crippen LogP contribution in [0.3, 0.4) is 0 Å². The van der Waals surface area contributed by atoms with E-state index in [0.717, 1.165) is 49.8 Å². The molecule has 0 radical (unpaired) electrons. The molecule has 1 N–H and O–H groups in total. The normalized spacial score (nSPS) is 18.2. The number of benzene rings is 1. The molecule has 2 fully saturated rings. The minimum atomic E-state index is -0.170. The van der Waals surface area contributed by atoms with Gasteiger partial charge in [-0.3, -0.25) is 9.69 Å². The first kappa shape index (κ1) is 22.1. The summed E-state index contributed by atoms with van der Waals surface area (Å²) in [6.07, 6.45) is 5.94. The summed E-state index contributed by atoms with van der Waals surface area (Å²) < 4.78 is 0. The Bertz CT molecular complexity index is 891. The number of hydrogen-bond donors (Lipinski definition) is 1. The van der Waals surface area contributed by atoms with Gasteiger partial charge in [-0.15, -0.1) is 0 Å². The zero-order valence-electron chi connectivity index (χ0n) is 18.3. The summed E-state index contributed by atoms with van der Waals surface area (Å²) in [6, 6.07) is 9.00. The summed E-state index contributed by atoms with van der Waals surface area (Å²) in [5.41, 5.74) is 2.32. The maximum atomic E-state index is 12.8. The molecule has 0 aliphatic carbocycles. The van der Waals surface area contributed by atoms with Gasteiger partial charge >= 0.3 is 0 Å². The Labute approximate surface area is 190 Å². The molecule has 2 aliphatic rings. The minimum absolute atomic E-state index is 0.170. The summed E-state index contributed by atoms with van der Waals surface area (Å²) in [7, 11) is 0. The molecule has 1 aromatic heterocycles. The Balaban J connectivity index is 1.37. The second-order valence-corrected chi connectivity index (χ2v) is 9.02. The van der Waals surface area contributed by atoms with Gasteiger partial charge in [0.2, 0.25) is 0 Å². The molecule has 0 atom stereocenters. The maximum absolute atomic E-state index is 12.8. The monoisotopic (exact) mass is 441 g/mol. The number of carbonyl (C=O) groups excluding carboxylic acids is 1. The zero-order valence-corrected chi connectivity index (χ0v) is 19.1. The van der Waals surface area contributed by atoms with Gasteiger partial charge in [-0.1, -0.05) is 24.1 Å². The highest BCUT2D eigenvalue weighted by atomic mass is 35.5. The molecule has 6 nitrogen and oxygen atoms in total. The highest BCUT2D eigenvalue weighted by Crippen LogP contribution is 2.26. The highest BCUT2D eigenvalue weighted by molar-refractivity contribution is 6.31. The standard InChI is InChI=1S/C24H32ClN5O/c1-19-16-22(27-24(31)20-6-5-7-21(25)17-20)23(26-18-19)30-14-12-29(13-15-30)11-10-28-8-3-2-4-9-28/h5-7,16-18H,2-4,8-15H2,1H3,(H,27,31). The molecule has 2 aromatic rings. The van der Waals surface area contributed by atoms with Crippen LogP contribution in [0.25, 0.3) is 0 Å². The van der Waals surface area contributed by atoms with E-state index < -0.39 is 0 Å². The molecule has 0 unspecified atom stereocenters. The number of piperidine rings is 1. The molecule has 7 heteroatoms. The van der Waals surface area contributed by atoms with Crippen molar-refractivity contribution < 1.29 is 4.79 Å². The number of halogens is 1. The number of hydrogen-bond acceptors (Lipinski definition) is 5.